The number of thiazole rings is 1. The molecule has 174 valence electrons. The van der Waals surface area contributed by atoms with Gasteiger partial charge in [0.2, 0.25) is 10.0 Å². The Hall–Kier alpha value is -2.99. The van der Waals surface area contributed by atoms with E-state index in [0.29, 0.717) is 48.5 Å². The van der Waals surface area contributed by atoms with Crippen LogP contribution in [0.1, 0.15) is 10.5 Å². The van der Waals surface area contributed by atoms with E-state index in [1.165, 1.54) is 27.8 Å². The minimum atomic E-state index is -3.66. The first kappa shape index (κ1) is 23.2. The predicted molar refractivity (Wildman–Crippen MR) is 125 cm³/mol. The number of hydrogen-bond donors (Lipinski definition) is 1. The first-order chi connectivity index (χ1) is 15.9. The summed E-state index contributed by atoms with van der Waals surface area (Å²) in [5.41, 5.74) is 1.39. The molecule has 0 spiro atoms. The molecule has 1 aliphatic rings. The van der Waals surface area contributed by atoms with Crippen molar-refractivity contribution in [1.29, 1.82) is 0 Å². The summed E-state index contributed by atoms with van der Waals surface area (Å²) < 4.78 is 43.0. The van der Waals surface area contributed by atoms with Gasteiger partial charge in [0.25, 0.3) is 5.91 Å². The van der Waals surface area contributed by atoms with Crippen LogP contribution < -0.4 is 14.8 Å². The molecule has 1 aromatic heterocycles. The summed E-state index contributed by atoms with van der Waals surface area (Å²) >= 11 is 1.32. The topological polar surface area (TPSA) is 107 Å². The molecule has 33 heavy (non-hydrogen) atoms. The van der Waals surface area contributed by atoms with Crippen molar-refractivity contribution in [3.8, 4) is 22.1 Å². The number of amides is 1. The van der Waals surface area contributed by atoms with Crippen LogP contribution in [-0.4, -0.2) is 64.1 Å². The Morgan fingerprint density at radius 2 is 1.85 bits per heavy atom. The van der Waals surface area contributed by atoms with E-state index in [0.717, 1.165) is 5.56 Å². The number of nitrogens with zero attached hydrogens (tertiary/aromatic N) is 2. The molecule has 2 aromatic carbocycles. The van der Waals surface area contributed by atoms with Crippen LogP contribution in [0.25, 0.3) is 10.6 Å². The summed E-state index contributed by atoms with van der Waals surface area (Å²) in [6, 6.07) is 11.6. The van der Waals surface area contributed by atoms with Crippen LogP contribution in [-0.2, 0) is 14.8 Å². The van der Waals surface area contributed by atoms with Gasteiger partial charge in [0, 0.05) is 29.7 Å². The molecule has 1 saturated heterocycles. The first-order valence-electron chi connectivity index (χ1n) is 10.1. The Balaban J connectivity index is 1.51. The number of ether oxygens (including phenoxy) is 3. The van der Waals surface area contributed by atoms with Gasteiger partial charge in [0.15, 0.2) is 11.5 Å². The third-order valence-electron chi connectivity index (χ3n) is 5.07. The lowest BCUT2D eigenvalue weighted by Crippen LogP contribution is -2.40. The number of benzene rings is 2. The number of rotatable bonds is 7. The summed E-state index contributed by atoms with van der Waals surface area (Å²) in [6.07, 6.45) is 0. The first-order valence-corrected chi connectivity index (χ1v) is 12.4. The SMILES string of the molecule is COc1ccc(-c2nc(C(=O)Nc3cccc(S(=O)(=O)N4CCOCC4)c3)cs2)cc1OC. The zero-order valence-corrected chi connectivity index (χ0v) is 19.7. The standard InChI is InChI=1S/C22H23N3O6S2/c1-29-19-7-6-15(12-20(19)30-2)22-24-18(14-32-22)21(26)23-16-4-3-5-17(13-16)33(27,28)25-8-10-31-11-9-25/h3-7,12-14H,8-11H2,1-2H3,(H,23,26). The number of sulfonamides is 1. The van der Waals surface area contributed by atoms with E-state index in [4.69, 9.17) is 14.2 Å². The van der Waals surface area contributed by atoms with Gasteiger partial charge in [-0.2, -0.15) is 4.31 Å². The lowest BCUT2D eigenvalue weighted by molar-refractivity contribution is 0.0730. The second kappa shape index (κ2) is 9.87. The highest BCUT2D eigenvalue weighted by Gasteiger charge is 2.26. The molecule has 0 atom stereocenters. The summed E-state index contributed by atoms with van der Waals surface area (Å²) in [5.74, 6) is 0.732. The van der Waals surface area contributed by atoms with E-state index in [1.807, 2.05) is 6.07 Å². The Kier molecular flexibility index (Phi) is 6.94. The Bertz CT molecular complexity index is 1250. The van der Waals surface area contributed by atoms with Crippen LogP contribution in [0.3, 0.4) is 0 Å². The normalized spacial score (nSPS) is 14.6. The molecule has 0 saturated carbocycles. The van der Waals surface area contributed by atoms with Crippen molar-refractivity contribution in [2.24, 2.45) is 0 Å². The second-order valence-electron chi connectivity index (χ2n) is 7.11. The summed E-state index contributed by atoms with van der Waals surface area (Å²) in [4.78, 5) is 17.3. The minimum Gasteiger partial charge on any atom is -0.493 e. The number of hydrogen-bond acceptors (Lipinski definition) is 8. The van der Waals surface area contributed by atoms with Gasteiger partial charge in [-0.1, -0.05) is 6.07 Å². The fourth-order valence-corrected chi connectivity index (χ4v) is 5.60. The molecule has 1 amide bonds. The van der Waals surface area contributed by atoms with Gasteiger partial charge >= 0.3 is 0 Å². The van der Waals surface area contributed by atoms with Crippen molar-refractivity contribution < 1.29 is 27.4 Å². The van der Waals surface area contributed by atoms with Crippen LogP contribution in [0, 0.1) is 0 Å². The smallest absolute Gasteiger partial charge is 0.275 e. The van der Waals surface area contributed by atoms with Crippen molar-refractivity contribution in [1.82, 2.24) is 9.29 Å². The van der Waals surface area contributed by atoms with Gasteiger partial charge < -0.3 is 19.5 Å². The van der Waals surface area contributed by atoms with Gasteiger partial charge in [-0.05, 0) is 36.4 Å². The zero-order chi connectivity index (χ0) is 23.4. The molecule has 4 rings (SSSR count). The number of anilines is 1. The van der Waals surface area contributed by atoms with Crippen LogP contribution in [0.2, 0.25) is 0 Å². The number of carbonyl (C=O) groups is 1. The van der Waals surface area contributed by atoms with E-state index < -0.39 is 15.9 Å². The van der Waals surface area contributed by atoms with Gasteiger partial charge in [0.05, 0.1) is 32.3 Å². The third-order valence-corrected chi connectivity index (χ3v) is 7.85. The Morgan fingerprint density at radius 3 is 2.58 bits per heavy atom. The quantitative estimate of drug-likeness (QED) is 0.543. The third kappa shape index (κ3) is 5.01. The Morgan fingerprint density at radius 1 is 1.09 bits per heavy atom. The van der Waals surface area contributed by atoms with E-state index in [-0.39, 0.29) is 10.6 Å². The molecular weight excluding hydrogens is 466 g/mol. The maximum atomic E-state index is 12.9. The highest BCUT2D eigenvalue weighted by molar-refractivity contribution is 7.89. The highest BCUT2D eigenvalue weighted by Crippen LogP contribution is 2.33. The average Bonchev–Trinajstić information content (AvgIpc) is 3.35. The summed E-state index contributed by atoms with van der Waals surface area (Å²) in [6.45, 7) is 1.33. The van der Waals surface area contributed by atoms with Crippen LogP contribution in [0.4, 0.5) is 5.69 Å². The van der Waals surface area contributed by atoms with Crippen molar-refractivity contribution in [3.63, 3.8) is 0 Å². The van der Waals surface area contributed by atoms with Crippen molar-refractivity contribution in [2.45, 2.75) is 4.90 Å². The maximum Gasteiger partial charge on any atom is 0.275 e. The van der Waals surface area contributed by atoms with E-state index in [1.54, 1.807) is 43.9 Å². The van der Waals surface area contributed by atoms with Crippen LogP contribution in [0.5, 0.6) is 11.5 Å². The van der Waals surface area contributed by atoms with E-state index >= 15 is 0 Å². The molecule has 9 nitrogen and oxygen atoms in total. The summed E-state index contributed by atoms with van der Waals surface area (Å²) in [7, 11) is -0.552. The molecule has 11 heteroatoms. The molecule has 0 unspecified atom stereocenters. The number of aromatic nitrogens is 1. The van der Waals surface area contributed by atoms with Crippen molar-refractivity contribution in [3.05, 3.63) is 53.5 Å². The second-order valence-corrected chi connectivity index (χ2v) is 9.90. The predicted octanol–water partition coefficient (Wildman–Crippen LogP) is 3.10. The molecule has 2 heterocycles. The Labute approximate surface area is 196 Å². The molecular formula is C22H23N3O6S2. The fourth-order valence-electron chi connectivity index (χ4n) is 3.35. The molecule has 0 radical (unpaired) electrons. The van der Waals surface area contributed by atoms with Crippen molar-refractivity contribution in [2.75, 3.05) is 45.8 Å². The molecule has 1 N–H and O–H groups in total. The number of morpholine rings is 1. The minimum absolute atomic E-state index is 0.117. The number of methoxy groups -OCH3 is 2. The summed E-state index contributed by atoms with van der Waals surface area (Å²) in [5, 5.41) is 5.02. The van der Waals surface area contributed by atoms with Gasteiger partial charge in [0.1, 0.15) is 10.7 Å². The van der Waals surface area contributed by atoms with Gasteiger partial charge in [-0.3, -0.25) is 4.79 Å². The van der Waals surface area contributed by atoms with Crippen LogP contribution in [0.15, 0.2) is 52.7 Å². The van der Waals surface area contributed by atoms with E-state index in [9.17, 15) is 13.2 Å². The largest absolute Gasteiger partial charge is 0.493 e. The molecule has 0 aliphatic carbocycles. The van der Waals surface area contributed by atoms with Crippen molar-refractivity contribution >= 4 is 33.0 Å². The average molecular weight is 490 g/mol. The highest BCUT2D eigenvalue weighted by atomic mass is 32.2. The van der Waals surface area contributed by atoms with Gasteiger partial charge in [-0.25, -0.2) is 13.4 Å². The van der Waals surface area contributed by atoms with Crippen LogP contribution >= 0.6 is 11.3 Å². The lowest BCUT2D eigenvalue weighted by atomic mass is 10.2. The molecule has 0 bridgehead atoms. The molecule has 1 aliphatic heterocycles. The number of nitrogens with one attached hydrogen (secondary N) is 1. The molecule has 3 aromatic rings. The van der Waals surface area contributed by atoms with E-state index in [2.05, 4.69) is 10.3 Å². The fraction of sp³-hybridized carbons (Fsp3) is 0.273. The maximum absolute atomic E-state index is 12.9. The number of carbonyl (C=O) groups excluding carboxylic acids is 1. The monoisotopic (exact) mass is 489 g/mol. The molecule has 1 fully saturated rings. The zero-order valence-electron chi connectivity index (χ0n) is 18.1. The van der Waals surface area contributed by atoms with Gasteiger partial charge in [-0.15, -0.1) is 11.3 Å². The lowest BCUT2D eigenvalue weighted by Gasteiger charge is -2.26.